The van der Waals surface area contributed by atoms with E-state index in [4.69, 9.17) is 23.4 Å². The van der Waals surface area contributed by atoms with E-state index in [1.54, 1.807) is 30.3 Å². The molecule has 2 heterocycles. The summed E-state index contributed by atoms with van der Waals surface area (Å²) in [5.74, 6) is 0.221. The third-order valence-corrected chi connectivity index (χ3v) is 5.07. The summed E-state index contributed by atoms with van der Waals surface area (Å²) in [5, 5.41) is 3.26. The van der Waals surface area contributed by atoms with Crippen LogP contribution in [-0.2, 0) is 20.0 Å². The minimum atomic E-state index is -1.70. The van der Waals surface area contributed by atoms with Gasteiger partial charge in [0.1, 0.15) is 11.5 Å². The first-order valence-corrected chi connectivity index (χ1v) is 9.70. The van der Waals surface area contributed by atoms with Crippen molar-refractivity contribution in [2.45, 2.75) is 38.1 Å². The maximum Gasteiger partial charge on any atom is 0.336 e. The molecular weight excluding hydrogens is 390 g/mol. The number of carbonyl (C=O) groups is 2. The van der Waals surface area contributed by atoms with Crippen LogP contribution in [0.5, 0.6) is 11.5 Å². The van der Waals surface area contributed by atoms with E-state index in [9.17, 15) is 9.59 Å². The number of carbonyl (C=O) groups excluding carboxylic acids is 2. The van der Waals surface area contributed by atoms with Crippen LogP contribution in [0.1, 0.15) is 36.4 Å². The van der Waals surface area contributed by atoms with E-state index in [2.05, 4.69) is 5.32 Å². The average molecular weight is 417 g/mol. The van der Waals surface area contributed by atoms with Gasteiger partial charge in [-0.3, -0.25) is 10.1 Å². The molecule has 0 aliphatic carbocycles. The predicted octanol–water partition coefficient (Wildman–Crippen LogP) is 2.91. The molecule has 1 aromatic heterocycles. The van der Waals surface area contributed by atoms with Gasteiger partial charge in [-0.25, -0.2) is 4.79 Å². The van der Waals surface area contributed by atoms with Crippen LogP contribution >= 0.6 is 0 Å². The normalized spacial score (nSPS) is 23.4. The molecule has 1 aliphatic rings. The molecule has 8 heteroatoms. The Labute approximate surface area is 175 Å². The van der Waals surface area contributed by atoms with Crippen molar-refractivity contribution in [2.24, 2.45) is 5.92 Å². The molecule has 3 atom stereocenters. The molecule has 0 amide bonds. The minimum absolute atomic E-state index is 0.0918. The molecule has 2 aromatic rings. The lowest BCUT2D eigenvalue weighted by Crippen LogP contribution is -2.48. The van der Waals surface area contributed by atoms with Crippen LogP contribution in [0.15, 0.2) is 41.0 Å². The zero-order valence-electron chi connectivity index (χ0n) is 17.8. The smallest absolute Gasteiger partial charge is 0.336 e. The van der Waals surface area contributed by atoms with Crippen LogP contribution in [0.25, 0.3) is 0 Å². The summed E-state index contributed by atoms with van der Waals surface area (Å²) in [6.07, 6.45) is 1.01. The number of rotatable bonds is 8. The molecule has 162 valence electrons. The van der Waals surface area contributed by atoms with Gasteiger partial charge >= 0.3 is 5.97 Å². The highest BCUT2D eigenvalue weighted by Crippen LogP contribution is 2.42. The van der Waals surface area contributed by atoms with Crippen LogP contribution in [0.4, 0.5) is 0 Å². The van der Waals surface area contributed by atoms with Gasteiger partial charge in [-0.05, 0) is 36.6 Å². The number of hydrogen-bond acceptors (Lipinski definition) is 8. The van der Waals surface area contributed by atoms with Crippen molar-refractivity contribution in [2.75, 3.05) is 21.3 Å². The zero-order chi connectivity index (χ0) is 21.9. The highest BCUT2D eigenvalue weighted by Gasteiger charge is 2.57. The highest BCUT2D eigenvalue weighted by molar-refractivity contribution is 6.01. The largest absolute Gasteiger partial charge is 0.497 e. The van der Waals surface area contributed by atoms with E-state index in [1.165, 1.54) is 27.6 Å². The first kappa shape index (κ1) is 21.9. The van der Waals surface area contributed by atoms with Crippen molar-refractivity contribution in [1.29, 1.82) is 0 Å². The fourth-order valence-corrected chi connectivity index (χ4v) is 3.72. The van der Waals surface area contributed by atoms with Gasteiger partial charge in [-0.1, -0.05) is 13.8 Å². The Morgan fingerprint density at radius 3 is 2.50 bits per heavy atom. The van der Waals surface area contributed by atoms with Gasteiger partial charge in [0.25, 0.3) is 0 Å². The Morgan fingerprint density at radius 1 is 1.17 bits per heavy atom. The Hall–Kier alpha value is -2.84. The van der Waals surface area contributed by atoms with Crippen LogP contribution in [0.3, 0.4) is 0 Å². The standard InChI is InChI=1S/C22H27NO7/c1-13(2)11-16-19(21(25)28-5)30-22(23-16,20(24)17-7-6-10-29-17)15-9-8-14(26-3)12-18(15)27-4/h6-10,12-13,16,19,23H,11H2,1-5H3. The molecule has 1 saturated heterocycles. The molecule has 1 fully saturated rings. The fraction of sp³-hybridized carbons (Fsp3) is 0.455. The summed E-state index contributed by atoms with van der Waals surface area (Å²) in [4.78, 5) is 26.1. The van der Waals surface area contributed by atoms with E-state index in [0.717, 1.165) is 0 Å². The van der Waals surface area contributed by atoms with Crippen LogP contribution in [0, 0.1) is 5.92 Å². The second-order valence-electron chi connectivity index (χ2n) is 7.50. The molecule has 0 saturated carbocycles. The molecule has 3 unspecified atom stereocenters. The van der Waals surface area contributed by atoms with E-state index in [1.807, 2.05) is 13.8 Å². The third-order valence-electron chi connectivity index (χ3n) is 5.07. The van der Waals surface area contributed by atoms with Crippen molar-refractivity contribution in [3.63, 3.8) is 0 Å². The number of nitrogens with one attached hydrogen (secondary N) is 1. The van der Waals surface area contributed by atoms with Gasteiger partial charge in [-0.2, -0.15) is 0 Å². The maximum atomic E-state index is 13.6. The monoisotopic (exact) mass is 417 g/mol. The minimum Gasteiger partial charge on any atom is -0.497 e. The number of methoxy groups -OCH3 is 3. The quantitative estimate of drug-likeness (QED) is 0.517. The second-order valence-corrected chi connectivity index (χ2v) is 7.50. The van der Waals surface area contributed by atoms with Crippen molar-refractivity contribution in [3.05, 3.63) is 47.9 Å². The molecule has 1 aliphatic heterocycles. The molecule has 0 radical (unpaired) electrons. The molecule has 0 spiro atoms. The molecule has 1 aromatic carbocycles. The van der Waals surface area contributed by atoms with Gasteiger partial charge < -0.3 is 23.4 Å². The van der Waals surface area contributed by atoms with E-state index < -0.39 is 29.6 Å². The van der Waals surface area contributed by atoms with Gasteiger partial charge in [0, 0.05) is 17.7 Å². The Morgan fingerprint density at radius 2 is 1.93 bits per heavy atom. The number of esters is 1. The third kappa shape index (κ3) is 3.93. The van der Waals surface area contributed by atoms with E-state index in [-0.39, 0.29) is 11.7 Å². The predicted molar refractivity (Wildman–Crippen MR) is 108 cm³/mol. The van der Waals surface area contributed by atoms with Gasteiger partial charge in [0.05, 0.1) is 27.6 Å². The van der Waals surface area contributed by atoms with Gasteiger partial charge in [-0.15, -0.1) is 0 Å². The number of furan rings is 1. The van der Waals surface area contributed by atoms with Crippen molar-refractivity contribution < 1.29 is 33.0 Å². The summed E-state index contributed by atoms with van der Waals surface area (Å²) in [6.45, 7) is 4.05. The van der Waals surface area contributed by atoms with Crippen molar-refractivity contribution in [1.82, 2.24) is 5.32 Å². The van der Waals surface area contributed by atoms with Crippen LogP contribution in [-0.4, -0.2) is 45.2 Å². The second kappa shape index (κ2) is 8.89. The Bertz CT molecular complexity index is 893. The Kier molecular flexibility index (Phi) is 6.48. The van der Waals surface area contributed by atoms with Crippen LogP contribution in [0.2, 0.25) is 0 Å². The lowest BCUT2D eigenvalue weighted by Gasteiger charge is -2.29. The highest BCUT2D eigenvalue weighted by atomic mass is 16.6. The fourth-order valence-electron chi connectivity index (χ4n) is 3.72. The van der Waals surface area contributed by atoms with E-state index in [0.29, 0.717) is 23.5 Å². The lowest BCUT2D eigenvalue weighted by atomic mass is 9.94. The molecule has 1 N–H and O–H groups in total. The average Bonchev–Trinajstić information content (AvgIpc) is 3.41. The van der Waals surface area contributed by atoms with Crippen LogP contribution < -0.4 is 14.8 Å². The van der Waals surface area contributed by atoms with E-state index >= 15 is 0 Å². The molecular formula is C22H27NO7. The Balaban J connectivity index is 2.17. The number of ether oxygens (including phenoxy) is 4. The summed E-state index contributed by atoms with van der Waals surface area (Å²) in [6, 6.07) is 7.74. The first-order valence-electron chi connectivity index (χ1n) is 9.70. The summed E-state index contributed by atoms with van der Waals surface area (Å²) in [5.41, 5.74) is -1.29. The summed E-state index contributed by atoms with van der Waals surface area (Å²) >= 11 is 0. The molecule has 0 bridgehead atoms. The first-order chi connectivity index (χ1) is 14.4. The number of hydrogen-bond donors (Lipinski definition) is 1. The summed E-state index contributed by atoms with van der Waals surface area (Å²) < 4.78 is 27.3. The topological polar surface area (TPSA) is 96.2 Å². The maximum absolute atomic E-state index is 13.6. The van der Waals surface area contributed by atoms with Crippen molar-refractivity contribution in [3.8, 4) is 11.5 Å². The van der Waals surface area contributed by atoms with Crippen molar-refractivity contribution >= 4 is 11.8 Å². The summed E-state index contributed by atoms with van der Waals surface area (Å²) in [7, 11) is 4.32. The van der Waals surface area contributed by atoms with Gasteiger partial charge in [0.2, 0.25) is 11.5 Å². The number of benzene rings is 1. The number of Topliss-reactive ketones (excluding diaryl/α,β-unsaturated/α-hetero) is 1. The lowest BCUT2D eigenvalue weighted by molar-refractivity contribution is -0.157. The number of ketones is 1. The molecule has 8 nitrogen and oxygen atoms in total. The van der Waals surface area contributed by atoms with Gasteiger partial charge in [0.15, 0.2) is 11.9 Å². The zero-order valence-corrected chi connectivity index (χ0v) is 17.8. The molecule has 3 rings (SSSR count). The SMILES string of the molecule is COC(=O)C1OC(C(=O)c2ccco2)(c2ccc(OC)cc2OC)NC1CC(C)C. The molecule has 30 heavy (non-hydrogen) atoms.